The van der Waals surface area contributed by atoms with Crippen molar-refractivity contribution in [3.05, 3.63) is 65.5 Å². The smallest absolute Gasteiger partial charge is 0.342 e. The Kier molecular flexibility index (Phi) is 5.58. The van der Waals surface area contributed by atoms with Gasteiger partial charge in [-0.1, -0.05) is 18.2 Å². The van der Waals surface area contributed by atoms with Crippen LogP contribution in [0.1, 0.15) is 23.1 Å². The Labute approximate surface area is 168 Å². The van der Waals surface area contributed by atoms with E-state index in [0.29, 0.717) is 31.2 Å². The van der Waals surface area contributed by atoms with E-state index in [9.17, 15) is 18.0 Å². The van der Waals surface area contributed by atoms with E-state index in [-0.39, 0.29) is 5.91 Å². The largest absolute Gasteiger partial charge is 0.416 e. The molecule has 0 N–H and O–H groups in total. The van der Waals surface area contributed by atoms with E-state index >= 15 is 0 Å². The lowest BCUT2D eigenvalue weighted by Crippen LogP contribution is -2.33. The number of halogens is 3. The minimum absolute atomic E-state index is 0.192. The summed E-state index contributed by atoms with van der Waals surface area (Å²) in [4.78, 5) is 20.9. The van der Waals surface area contributed by atoms with Gasteiger partial charge in [0, 0.05) is 51.5 Å². The molecule has 154 valence electrons. The predicted molar refractivity (Wildman–Crippen MR) is 103 cm³/mol. The third-order valence-corrected chi connectivity index (χ3v) is 5.95. The van der Waals surface area contributed by atoms with Gasteiger partial charge in [-0.2, -0.15) is 13.2 Å². The molecule has 0 radical (unpaired) electrons. The van der Waals surface area contributed by atoms with Gasteiger partial charge < -0.3 is 4.90 Å². The van der Waals surface area contributed by atoms with E-state index in [2.05, 4.69) is 9.88 Å². The number of likely N-dealkylation sites (tertiary alicyclic amines) is 2. The SMILES string of the molecule is O=C(CCc1cccnc1)N1C[C@H]2CN(Cc3ccc(C(F)(F)F)cc3)C[C@@H]2C1. The zero-order valence-corrected chi connectivity index (χ0v) is 16.1. The molecule has 2 aliphatic heterocycles. The van der Waals surface area contributed by atoms with Crippen LogP contribution in [0, 0.1) is 11.8 Å². The summed E-state index contributed by atoms with van der Waals surface area (Å²) >= 11 is 0. The van der Waals surface area contributed by atoms with Crippen molar-refractivity contribution in [3.63, 3.8) is 0 Å². The number of aryl methyl sites for hydroxylation is 1. The van der Waals surface area contributed by atoms with Crippen LogP contribution in [-0.4, -0.2) is 46.9 Å². The van der Waals surface area contributed by atoms with Gasteiger partial charge in [0.2, 0.25) is 5.91 Å². The molecular weight excluding hydrogens is 379 g/mol. The van der Waals surface area contributed by atoms with Crippen molar-refractivity contribution < 1.29 is 18.0 Å². The molecule has 4 nitrogen and oxygen atoms in total. The Morgan fingerprint density at radius 1 is 1.00 bits per heavy atom. The number of benzene rings is 1. The first-order valence-electron chi connectivity index (χ1n) is 9.93. The minimum Gasteiger partial charge on any atom is -0.342 e. The van der Waals surface area contributed by atoms with Crippen molar-refractivity contribution in [3.8, 4) is 0 Å². The summed E-state index contributed by atoms with van der Waals surface area (Å²) in [6, 6.07) is 9.28. The van der Waals surface area contributed by atoms with Crippen LogP contribution < -0.4 is 0 Å². The Balaban J connectivity index is 1.25. The van der Waals surface area contributed by atoms with Crippen molar-refractivity contribution in [1.29, 1.82) is 0 Å². The van der Waals surface area contributed by atoms with Gasteiger partial charge in [0.25, 0.3) is 0 Å². The highest BCUT2D eigenvalue weighted by Crippen LogP contribution is 2.33. The van der Waals surface area contributed by atoms with Gasteiger partial charge in [0.15, 0.2) is 0 Å². The summed E-state index contributed by atoms with van der Waals surface area (Å²) in [6.07, 6.45) is 0.434. The number of amides is 1. The third kappa shape index (κ3) is 4.78. The summed E-state index contributed by atoms with van der Waals surface area (Å²) in [6.45, 7) is 3.98. The molecule has 2 aromatic rings. The predicted octanol–water partition coefficient (Wildman–Crippen LogP) is 3.62. The molecule has 29 heavy (non-hydrogen) atoms. The number of pyridine rings is 1. The maximum atomic E-state index is 12.7. The van der Waals surface area contributed by atoms with Gasteiger partial charge in [-0.25, -0.2) is 0 Å². The Morgan fingerprint density at radius 3 is 2.28 bits per heavy atom. The Morgan fingerprint density at radius 2 is 1.69 bits per heavy atom. The molecule has 3 heterocycles. The number of hydrogen-bond acceptors (Lipinski definition) is 3. The molecule has 2 fully saturated rings. The van der Waals surface area contributed by atoms with Crippen molar-refractivity contribution in [2.24, 2.45) is 11.8 Å². The number of aromatic nitrogens is 1. The van der Waals surface area contributed by atoms with Crippen LogP contribution in [0.15, 0.2) is 48.8 Å². The summed E-state index contributed by atoms with van der Waals surface area (Å²) in [5, 5.41) is 0. The highest BCUT2D eigenvalue weighted by molar-refractivity contribution is 5.76. The van der Waals surface area contributed by atoms with Gasteiger partial charge in [-0.05, 0) is 47.6 Å². The van der Waals surface area contributed by atoms with Gasteiger partial charge in [-0.15, -0.1) is 0 Å². The normalized spacial score (nSPS) is 22.1. The molecule has 0 saturated carbocycles. The van der Waals surface area contributed by atoms with Gasteiger partial charge in [-0.3, -0.25) is 14.7 Å². The lowest BCUT2D eigenvalue weighted by molar-refractivity contribution is -0.137. The van der Waals surface area contributed by atoms with Crippen molar-refractivity contribution in [1.82, 2.24) is 14.8 Å². The van der Waals surface area contributed by atoms with E-state index in [1.807, 2.05) is 17.0 Å². The molecule has 2 saturated heterocycles. The second-order valence-corrected chi connectivity index (χ2v) is 8.07. The van der Waals surface area contributed by atoms with Gasteiger partial charge in [0.05, 0.1) is 5.56 Å². The maximum Gasteiger partial charge on any atom is 0.416 e. The van der Waals surface area contributed by atoms with Crippen molar-refractivity contribution >= 4 is 5.91 Å². The highest BCUT2D eigenvalue weighted by Gasteiger charge is 2.41. The topological polar surface area (TPSA) is 36.4 Å². The first-order valence-corrected chi connectivity index (χ1v) is 9.93. The van der Waals surface area contributed by atoms with Gasteiger partial charge in [0.1, 0.15) is 0 Å². The van der Waals surface area contributed by atoms with E-state index < -0.39 is 11.7 Å². The fourth-order valence-electron chi connectivity index (χ4n) is 4.44. The van der Waals surface area contributed by atoms with Crippen LogP contribution in [-0.2, 0) is 23.9 Å². The van der Waals surface area contributed by atoms with Crippen LogP contribution in [0.4, 0.5) is 13.2 Å². The second kappa shape index (κ2) is 8.14. The molecule has 0 spiro atoms. The summed E-state index contributed by atoms with van der Waals surface area (Å²) in [5.41, 5.74) is 1.35. The van der Waals surface area contributed by atoms with Crippen LogP contribution in [0.3, 0.4) is 0 Å². The maximum absolute atomic E-state index is 12.7. The monoisotopic (exact) mass is 403 g/mol. The summed E-state index contributed by atoms with van der Waals surface area (Å²) in [7, 11) is 0. The van der Waals surface area contributed by atoms with E-state index in [1.54, 1.807) is 24.5 Å². The molecule has 1 amide bonds. The van der Waals surface area contributed by atoms with Gasteiger partial charge >= 0.3 is 6.18 Å². The molecule has 1 aromatic heterocycles. The fraction of sp³-hybridized carbons (Fsp3) is 0.455. The second-order valence-electron chi connectivity index (χ2n) is 8.07. The molecule has 0 unspecified atom stereocenters. The number of carbonyl (C=O) groups is 1. The molecule has 1 aromatic carbocycles. The van der Waals surface area contributed by atoms with Crippen LogP contribution in [0.25, 0.3) is 0 Å². The third-order valence-electron chi connectivity index (χ3n) is 5.95. The standard InChI is InChI=1S/C22H24F3N3O/c23-22(24,25)20-6-3-17(4-7-20)11-27-12-18-14-28(15-19(18)13-27)21(29)8-5-16-2-1-9-26-10-16/h1-4,6-7,9-10,18-19H,5,8,11-15H2/t18-,19-/m1/s1. The quantitative estimate of drug-likeness (QED) is 0.765. The van der Waals surface area contributed by atoms with Crippen LogP contribution in [0.2, 0.25) is 0 Å². The average Bonchev–Trinajstić information content (AvgIpc) is 3.25. The molecule has 0 bridgehead atoms. The first-order chi connectivity index (χ1) is 13.9. The summed E-state index contributed by atoms with van der Waals surface area (Å²) in [5.74, 6) is 1.09. The molecule has 4 rings (SSSR count). The van der Waals surface area contributed by atoms with E-state index in [4.69, 9.17) is 0 Å². The number of alkyl halides is 3. The van der Waals surface area contributed by atoms with Crippen LogP contribution in [0.5, 0.6) is 0 Å². The Hall–Kier alpha value is -2.41. The molecule has 2 atom stereocenters. The first kappa shape index (κ1) is 19.9. The minimum atomic E-state index is -4.30. The van der Waals surface area contributed by atoms with Crippen LogP contribution >= 0.6 is 0 Å². The molecular formula is C22H24F3N3O. The number of nitrogens with zero attached hydrogens (tertiary/aromatic N) is 3. The zero-order chi connectivity index (χ0) is 20.4. The number of carbonyl (C=O) groups excluding carboxylic acids is 1. The Bertz CT molecular complexity index is 825. The zero-order valence-electron chi connectivity index (χ0n) is 16.1. The number of rotatable bonds is 5. The molecule has 0 aliphatic carbocycles. The molecule has 7 heteroatoms. The van der Waals surface area contributed by atoms with E-state index in [1.165, 1.54) is 0 Å². The lowest BCUT2D eigenvalue weighted by atomic mass is 10.0. The van der Waals surface area contributed by atoms with Crippen molar-refractivity contribution in [2.45, 2.75) is 25.6 Å². The average molecular weight is 403 g/mol. The number of hydrogen-bond donors (Lipinski definition) is 0. The van der Waals surface area contributed by atoms with Crippen molar-refractivity contribution in [2.75, 3.05) is 26.2 Å². The van der Waals surface area contributed by atoms with E-state index in [0.717, 1.165) is 49.4 Å². The number of fused-ring (bicyclic) bond motifs is 1. The summed E-state index contributed by atoms with van der Waals surface area (Å²) < 4.78 is 38.1. The molecule has 2 aliphatic rings. The lowest BCUT2D eigenvalue weighted by Gasteiger charge is -2.22. The fourth-order valence-corrected chi connectivity index (χ4v) is 4.44. The highest BCUT2D eigenvalue weighted by atomic mass is 19.4.